The van der Waals surface area contributed by atoms with Crippen LogP contribution >= 0.6 is 14.2 Å². The van der Waals surface area contributed by atoms with E-state index in [0.29, 0.717) is 0 Å². The number of ether oxygens (including phenoxy) is 2. The summed E-state index contributed by atoms with van der Waals surface area (Å²) in [5.74, 6) is 0.0785. The molecule has 232 valence electrons. The van der Waals surface area contributed by atoms with E-state index in [9.17, 15) is 9.46 Å². The molecule has 0 aliphatic carbocycles. The molecule has 2 radical (unpaired) electrons. The highest BCUT2D eigenvalue weighted by Gasteiger charge is 2.53. The molecule has 0 saturated carbocycles. The van der Waals surface area contributed by atoms with E-state index in [1.54, 1.807) is 0 Å². The lowest BCUT2D eigenvalue weighted by molar-refractivity contribution is -0.217. The topological polar surface area (TPSA) is 235 Å². The minimum Gasteiger partial charge on any atom is -0.780 e. The van der Waals surface area contributed by atoms with E-state index < -0.39 is 76.6 Å². The quantitative estimate of drug-likeness (QED) is 0.210. The third kappa shape index (κ3) is 5.18. The molecule has 0 amide bonds. The summed E-state index contributed by atoms with van der Waals surface area (Å²) in [4.78, 5) is 37.2. The standard InChI is InChI=1S/C20H21BF2N10O8P2S/c21-42(34)36-1-7-14(10(23)20(38-7)33-6-31-12-16(25)27-4-29-18(12)33)41-43(35,44)37-2-8-13(40-42)9(22)19(39-8)32-5-30-11-15(24)26-3-28-17(11)32/h3-10,13-14,19-20H,1-2H2,(H,35,44)(H2,24,26,28)(H2,25,27,29)/p-1/t7-,8-,9+,10+,13?,14?,19-,20-,42?,43?/m1/s1. The number of halogens is 2. The summed E-state index contributed by atoms with van der Waals surface area (Å²) >= 11 is 5.03. The van der Waals surface area contributed by atoms with Crippen LogP contribution in [0.3, 0.4) is 0 Å². The molecule has 10 atom stereocenters. The number of nitrogens with two attached hydrogens (primary N) is 2. The molecule has 4 N–H and O–H groups in total. The van der Waals surface area contributed by atoms with Gasteiger partial charge in [0.05, 0.1) is 25.9 Å². The number of aromatic nitrogens is 8. The van der Waals surface area contributed by atoms with Crippen LogP contribution < -0.4 is 16.4 Å². The third-order valence-corrected chi connectivity index (χ3v) is 9.78. The van der Waals surface area contributed by atoms with Gasteiger partial charge >= 0.3 is 0 Å². The van der Waals surface area contributed by atoms with Crippen LogP contribution in [0.1, 0.15) is 12.5 Å². The molecule has 7 rings (SSSR count). The Hall–Kier alpha value is -2.78. The summed E-state index contributed by atoms with van der Waals surface area (Å²) < 4.78 is 80.6. The van der Waals surface area contributed by atoms with Crippen molar-refractivity contribution in [1.29, 1.82) is 0 Å². The lowest BCUT2D eigenvalue weighted by Gasteiger charge is -2.35. The van der Waals surface area contributed by atoms with Crippen LogP contribution in [0.5, 0.6) is 0 Å². The molecule has 3 fully saturated rings. The average Bonchev–Trinajstić information content (AvgIpc) is 3.73. The molecular weight excluding hydrogens is 651 g/mol. The van der Waals surface area contributed by atoms with Gasteiger partial charge in [0.2, 0.25) is 7.57 Å². The van der Waals surface area contributed by atoms with Crippen LogP contribution in [0.15, 0.2) is 25.3 Å². The number of anilines is 2. The third-order valence-electron chi connectivity index (χ3n) is 7.19. The number of nitrogen functional groups attached to an aromatic ring is 2. The SMILES string of the molecule is [B]P1(=O)OC[C@H]2O[C@@H](n3cnc4c(N)ncnc43)[C@@H](F)C2OP([O-])(=S)OC[C@H]2O[C@@H](n3cnc4c(N)ncnc43)[C@@H](F)C2O1. The van der Waals surface area contributed by atoms with Gasteiger partial charge < -0.3 is 43.9 Å². The first-order chi connectivity index (χ1) is 20.9. The van der Waals surface area contributed by atoms with Crippen LogP contribution in [0.4, 0.5) is 20.4 Å². The van der Waals surface area contributed by atoms with Crippen LogP contribution in [-0.4, -0.2) is 96.6 Å². The van der Waals surface area contributed by atoms with Crippen molar-refractivity contribution in [2.75, 3.05) is 24.7 Å². The first kappa shape index (κ1) is 29.9. The maximum absolute atomic E-state index is 15.9. The Labute approximate surface area is 251 Å². The minimum atomic E-state index is -4.59. The van der Waals surface area contributed by atoms with E-state index in [1.807, 2.05) is 0 Å². The monoisotopic (exact) mass is 671 g/mol. The zero-order chi connectivity index (χ0) is 31.0. The largest absolute Gasteiger partial charge is 0.780 e. The molecule has 4 aromatic heterocycles. The minimum absolute atomic E-state index is 0.0390. The van der Waals surface area contributed by atoms with Crippen LogP contribution in [0.25, 0.3) is 22.3 Å². The normalized spacial score (nSPS) is 38.2. The second-order valence-corrected chi connectivity index (χ2v) is 14.2. The zero-order valence-electron chi connectivity index (χ0n) is 22.0. The van der Waals surface area contributed by atoms with E-state index in [0.717, 1.165) is 12.7 Å². The van der Waals surface area contributed by atoms with Crippen LogP contribution in [-0.2, 0) is 43.9 Å². The van der Waals surface area contributed by atoms with Crippen molar-refractivity contribution in [1.82, 2.24) is 39.0 Å². The maximum Gasteiger partial charge on any atom is 0.264 e. The Bertz CT molecular complexity index is 1710. The highest BCUT2D eigenvalue weighted by molar-refractivity contribution is 8.06. The highest BCUT2D eigenvalue weighted by atomic mass is 32.5. The van der Waals surface area contributed by atoms with Crippen molar-refractivity contribution in [3.05, 3.63) is 25.3 Å². The average molecular weight is 671 g/mol. The maximum atomic E-state index is 15.9. The molecule has 3 saturated heterocycles. The number of alkyl halides is 2. The Morgan fingerprint density at radius 3 is 1.84 bits per heavy atom. The number of nitrogens with zero attached hydrogens (tertiary/aromatic N) is 8. The summed E-state index contributed by atoms with van der Waals surface area (Å²) in [6.07, 6.45) is -8.51. The van der Waals surface area contributed by atoms with Crippen molar-refractivity contribution in [3.63, 3.8) is 0 Å². The lowest BCUT2D eigenvalue weighted by Crippen LogP contribution is -2.38. The Morgan fingerprint density at radius 2 is 1.32 bits per heavy atom. The van der Waals surface area contributed by atoms with Gasteiger partial charge in [0.1, 0.15) is 54.8 Å². The molecule has 7 heterocycles. The fourth-order valence-corrected chi connectivity index (χ4v) is 7.62. The van der Waals surface area contributed by atoms with E-state index in [1.165, 1.54) is 21.8 Å². The Kier molecular flexibility index (Phi) is 7.43. The van der Waals surface area contributed by atoms with E-state index in [-0.39, 0.29) is 34.0 Å². The van der Waals surface area contributed by atoms with Gasteiger partial charge in [-0.1, -0.05) is 11.8 Å². The van der Waals surface area contributed by atoms with Crippen molar-refractivity contribution in [2.24, 2.45) is 0 Å². The van der Waals surface area contributed by atoms with Gasteiger partial charge in [0.15, 0.2) is 47.7 Å². The number of imidazole rings is 2. The molecule has 24 heteroatoms. The number of hydrogen-bond acceptors (Lipinski definition) is 17. The summed E-state index contributed by atoms with van der Waals surface area (Å²) in [5.41, 5.74) is 12.2. The molecule has 44 heavy (non-hydrogen) atoms. The zero-order valence-corrected chi connectivity index (χ0v) is 24.6. The second kappa shape index (κ2) is 10.9. The summed E-state index contributed by atoms with van der Waals surface area (Å²) in [6, 6.07) is 0. The molecular formula is C20H20BF2N10O8P2S-. The van der Waals surface area contributed by atoms with Gasteiger partial charge in [0.25, 0.3) is 7.47 Å². The van der Waals surface area contributed by atoms with Gasteiger partial charge in [0, 0.05) is 0 Å². The summed E-state index contributed by atoms with van der Waals surface area (Å²) in [5, 5.41) is 0. The van der Waals surface area contributed by atoms with E-state index in [2.05, 4.69) is 29.9 Å². The fraction of sp³-hybridized carbons (Fsp3) is 0.500. The van der Waals surface area contributed by atoms with Crippen LogP contribution in [0, 0.1) is 0 Å². The summed E-state index contributed by atoms with van der Waals surface area (Å²) in [7, 11) is 1.23. The lowest BCUT2D eigenvalue weighted by atomic mass is 10.1. The van der Waals surface area contributed by atoms with Gasteiger partial charge in [-0.05, 0) is 0 Å². The molecule has 0 bridgehead atoms. The highest BCUT2D eigenvalue weighted by Crippen LogP contribution is 2.53. The van der Waals surface area contributed by atoms with E-state index in [4.69, 9.17) is 58.4 Å². The van der Waals surface area contributed by atoms with E-state index >= 15 is 8.78 Å². The van der Waals surface area contributed by atoms with Gasteiger partial charge in [-0.25, -0.2) is 38.7 Å². The molecule has 0 aromatic carbocycles. The molecule has 4 aromatic rings. The smallest absolute Gasteiger partial charge is 0.264 e. The number of fused-ring (bicyclic) bond motifs is 4. The second-order valence-electron chi connectivity index (χ2n) is 9.90. The first-order valence-electron chi connectivity index (χ1n) is 12.7. The van der Waals surface area contributed by atoms with Crippen molar-refractivity contribution < 1.29 is 45.8 Å². The fourth-order valence-electron chi connectivity index (χ4n) is 5.19. The predicted molar refractivity (Wildman–Crippen MR) is 146 cm³/mol. The molecule has 4 unspecified atom stereocenters. The Morgan fingerprint density at radius 1 is 0.841 bits per heavy atom. The summed E-state index contributed by atoms with van der Waals surface area (Å²) in [6.45, 7) is -5.92. The molecule has 18 nitrogen and oxygen atoms in total. The molecule has 3 aliphatic heterocycles. The van der Waals surface area contributed by atoms with Crippen molar-refractivity contribution in [2.45, 2.75) is 49.2 Å². The molecule has 0 spiro atoms. The first-order valence-corrected chi connectivity index (χ1v) is 16.9. The molecule has 3 aliphatic rings. The number of rotatable bonds is 2. The van der Waals surface area contributed by atoms with Gasteiger partial charge in [-0.15, -0.1) is 0 Å². The van der Waals surface area contributed by atoms with Gasteiger partial charge in [-0.3, -0.25) is 13.7 Å². The van der Waals surface area contributed by atoms with Crippen LogP contribution in [0.2, 0.25) is 0 Å². The number of hydrogen-bond donors (Lipinski definition) is 2. The van der Waals surface area contributed by atoms with Crippen molar-refractivity contribution in [3.8, 4) is 0 Å². The van der Waals surface area contributed by atoms with Crippen molar-refractivity contribution >= 4 is 67.5 Å². The predicted octanol–water partition coefficient (Wildman–Crippen LogP) is -0.0198. The Balaban J connectivity index is 1.17. The van der Waals surface area contributed by atoms with Gasteiger partial charge in [-0.2, -0.15) is 0 Å².